The lowest BCUT2D eigenvalue weighted by Gasteiger charge is -2.17. The first kappa shape index (κ1) is 23.8. The maximum absolute atomic E-state index is 6.24. The van der Waals surface area contributed by atoms with Gasteiger partial charge >= 0.3 is 0 Å². The summed E-state index contributed by atoms with van der Waals surface area (Å²) in [6.45, 7) is 24.9. The molecule has 2 aromatic rings. The number of hydrogen-bond donors (Lipinski definition) is 2. The summed E-state index contributed by atoms with van der Waals surface area (Å²) >= 11 is 0. The van der Waals surface area contributed by atoms with Crippen molar-refractivity contribution in [1.29, 1.82) is 0 Å². The molecule has 0 bridgehead atoms. The van der Waals surface area contributed by atoms with Crippen molar-refractivity contribution >= 4 is 28.1 Å². The Morgan fingerprint density at radius 2 is 1.22 bits per heavy atom. The average Bonchev–Trinajstić information content (AvgIpc) is 3.34. The third-order valence-electron chi connectivity index (χ3n) is 6.11. The van der Waals surface area contributed by atoms with Crippen molar-refractivity contribution in [1.82, 2.24) is 0 Å². The number of anilines is 2. The van der Waals surface area contributed by atoms with E-state index in [-0.39, 0.29) is 0 Å². The highest BCUT2D eigenvalue weighted by atomic mass is 16.5. The zero-order valence-corrected chi connectivity index (χ0v) is 20.2. The van der Waals surface area contributed by atoms with Crippen molar-refractivity contribution < 1.29 is 9.47 Å². The molecule has 2 heterocycles. The third kappa shape index (κ3) is 4.38. The molecule has 170 valence electrons. The second-order valence-corrected chi connectivity index (χ2v) is 9.22. The van der Waals surface area contributed by atoms with Gasteiger partial charge in [-0.25, -0.2) is 0 Å². The van der Waals surface area contributed by atoms with Gasteiger partial charge in [0.05, 0.1) is 26.4 Å². The van der Waals surface area contributed by atoms with Crippen molar-refractivity contribution in [3.05, 3.63) is 76.4 Å². The Labute approximate surface area is 192 Å². The molecule has 0 amide bonds. The number of nitrogen functional groups attached to an aromatic ring is 2. The van der Waals surface area contributed by atoms with E-state index in [0.717, 1.165) is 44.8 Å². The predicted octanol–water partition coefficient (Wildman–Crippen LogP) is 6.82. The van der Waals surface area contributed by atoms with Crippen LogP contribution in [0.4, 0.5) is 11.4 Å². The van der Waals surface area contributed by atoms with E-state index < -0.39 is 0 Å². The topological polar surface area (TPSA) is 70.5 Å². The van der Waals surface area contributed by atoms with Gasteiger partial charge in [0.15, 0.2) is 0 Å². The van der Waals surface area contributed by atoms with Crippen molar-refractivity contribution in [3.8, 4) is 0 Å². The molecule has 4 N–H and O–H groups in total. The second-order valence-electron chi connectivity index (χ2n) is 9.22. The Morgan fingerprint density at radius 1 is 0.750 bits per heavy atom. The fourth-order valence-corrected chi connectivity index (χ4v) is 4.54. The van der Waals surface area contributed by atoms with Gasteiger partial charge in [0.2, 0.25) is 0 Å². The summed E-state index contributed by atoms with van der Waals surface area (Å²) in [6, 6.07) is 4.28. The number of rotatable bonds is 4. The van der Waals surface area contributed by atoms with Gasteiger partial charge in [0.25, 0.3) is 0 Å². The van der Waals surface area contributed by atoms with Crippen molar-refractivity contribution in [2.75, 3.05) is 11.5 Å². The summed E-state index contributed by atoms with van der Waals surface area (Å²) in [5.41, 5.74) is 26.4. The highest BCUT2D eigenvalue weighted by Crippen LogP contribution is 2.38. The first-order valence-electron chi connectivity index (χ1n) is 11.1. The normalized spacial score (nSPS) is 13.9. The minimum atomic E-state index is 0.434. The van der Waals surface area contributed by atoms with Crippen LogP contribution in [-0.2, 0) is 35.9 Å². The average molecular weight is 433 g/mol. The predicted molar refractivity (Wildman–Crippen MR) is 137 cm³/mol. The van der Waals surface area contributed by atoms with Gasteiger partial charge in [-0.15, -0.1) is 0 Å². The Hall–Kier alpha value is -2.82. The fourth-order valence-electron chi connectivity index (χ4n) is 4.54. The molecule has 0 unspecified atom stereocenters. The number of benzene rings is 2. The highest BCUT2D eigenvalue weighted by Gasteiger charge is 2.22. The van der Waals surface area contributed by atoms with Crippen LogP contribution in [0, 0.1) is 0 Å². The summed E-state index contributed by atoms with van der Waals surface area (Å²) < 4.78 is 11.0. The van der Waals surface area contributed by atoms with E-state index in [4.69, 9.17) is 20.9 Å². The van der Waals surface area contributed by atoms with Gasteiger partial charge in [-0.05, 0) is 77.3 Å². The molecule has 4 nitrogen and oxygen atoms in total. The molecule has 2 aliphatic heterocycles. The lowest BCUT2D eigenvalue weighted by atomic mass is 9.89. The monoisotopic (exact) mass is 432 g/mol. The molecule has 0 aliphatic carbocycles. The zero-order valence-electron chi connectivity index (χ0n) is 20.2. The minimum Gasteiger partial charge on any atom is -0.398 e. The summed E-state index contributed by atoms with van der Waals surface area (Å²) in [6.07, 6.45) is 0. The van der Waals surface area contributed by atoms with Gasteiger partial charge in [0.1, 0.15) is 0 Å². The van der Waals surface area contributed by atoms with E-state index in [1.807, 2.05) is 20.8 Å². The minimum absolute atomic E-state index is 0.434. The number of fused-ring (bicyclic) bond motifs is 2. The van der Waals surface area contributed by atoms with Gasteiger partial charge in [-0.3, -0.25) is 0 Å². The number of nitrogens with two attached hydrogens (primary N) is 2. The quantitative estimate of drug-likeness (QED) is 0.520. The van der Waals surface area contributed by atoms with Crippen molar-refractivity contribution in [2.24, 2.45) is 0 Å². The van der Waals surface area contributed by atoms with Crippen molar-refractivity contribution in [3.63, 3.8) is 0 Å². The molecule has 0 radical (unpaired) electrons. The third-order valence-corrected chi connectivity index (χ3v) is 6.11. The molecule has 2 aliphatic rings. The second kappa shape index (κ2) is 9.35. The van der Waals surface area contributed by atoms with E-state index in [1.165, 1.54) is 27.8 Å². The van der Waals surface area contributed by atoms with Gasteiger partial charge in [0, 0.05) is 28.1 Å². The Balaban J connectivity index is 0.000000181. The molecule has 0 saturated heterocycles. The van der Waals surface area contributed by atoms with Gasteiger partial charge in [-0.1, -0.05) is 39.7 Å². The summed E-state index contributed by atoms with van der Waals surface area (Å²) in [5.74, 6) is 0.434. The summed E-state index contributed by atoms with van der Waals surface area (Å²) in [4.78, 5) is 0. The van der Waals surface area contributed by atoms with Crippen LogP contribution in [0.25, 0.3) is 16.7 Å². The molecule has 0 saturated carbocycles. The lowest BCUT2D eigenvalue weighted by Crippen LogP contribution is -2.04. The molecule has 2 aromatic carbocycles. The van der Waals surface area contributed by atoms with Crippen LogP contribution in [0.1, 0.15) is 85.0 Å². The maximum Gasteiger partial charge on any atom is 0.0731 e. The Kier molecular flexibility index (Phi) is 6.97. The van der Waals surface area contributed by atoms with E-state index >= 15 is 0 Å². The van der Waals surface area contributed by atoms with Gasteiger partial charge < -0.3 is 20.9 Å². The fraction of sp³-hybridized carbons (Fsp3) is 0.357. The lowest BCUT2D eigenvalue weighted by molar-refractivity contribution is 0.134. The summed E-state index contributed by atoms with van der Waals surface area (Å²) in [5, 5.41) is 0. The SMILES string of the molecule is C=C(C)c1c(N)c(C(C)C)cc2c1COC2.C=C(C)c1cc2c(c(C(=C)C)c1N)COC2. The molecule has 0 fully saturated rings. The molecule has 0 atom stereocenters. The highest BCUT2D eigenvalue weighted by molar-refractivity contribution is 5.85. The van der Waals surface area contributed by atoms with E-state index in [2.05, 4.69) is 45.7 Å². The molecule has 32 heavy (non-hydrogen) atoms. The van der Waals surface area contributed by atoms with Crippen LogP contribution >= 0.6 is 0 Å². The first-order chi connectivity index (χ1) is 15.0. The zero-order chi connectivity index (χ0) is 23.7. The molecular weight excluding hydrogens is 396 g/mol. The van der Waals surface area contributed by atoms with Crippen LogP contribution in [-0.4, -0.2) is 0 Å². The number of ether oxygens (including phenoxy) is 2. The smallest absolute Gasteiger partial charge is 0.0731 e. The van der Waals surface area contributed by atoms with Crippen LogP contribution < -0.4 is 11.5 Å². The molecule has 0 aromatic heterocycles. The molecule has 4 rings (SSSR count). The van der Waals surface area contributed by atoms with E-state index in [1.54, 1.807) is 0 Å². The van der Waals surface area contributed by atoms with E-state index in [0.29, 0.717) is 32.3 Å². The molecule has 4 heteroatoms. The van der Waals surface area contributed by atoms with Crippen LogP contribution in [0.3, 0.4) is 0 Å². The van der Waals surface area contributed by atoms with Crippen LogP contribution in [0.5, 0.6) is 0 Å². The molecular formula is C28H36N2O2. The largest absolute Gasteiger partial charge is 0.398 e. The van der Waals surface area contributed by atoms with Gasteiger partial charge in [-0.2, -0.15) is 0 Å². The first-order valence-corrected chi connectivity index (χ1v) is 11.1. The molecule has 0 spiro atoms. The van der Waals surface area contributed by atoms with Crippen molar-refractivity contribution in [2.45, 2.75) is 67.0 Å². The number of allylic oxidation sites excluding steroid dienone is 3. The standard InChI is InChI=1S/C14H19NO.C14H17NO/c2*1-8(2)11-5-10-6-16-7-12(10)13(9(3)4)14(11)15/h5,8H,3,6-7,15H2,1-2,4H3;5H,1,3,6-7,15H2,2,4H3. The summed E-state index contributed by atoms with van der Waals surface area (Å²) in [7, 11) is 0. The van der Waals surface area contributed by atoms with Crippen LogP contribution in [0.2, 0.25) is 0 Å². The van der Waals surface area contributed by atoms with E-state index in [9.17, 15) is 0 Å². The van der Waals surface area contributed by atoms with Crippen LogP contribution in [0.15, 0.2) is 31.9 Å². The maximum atomic E-state index is 6.24. The Morgan fingerprint density at radius 3 is 1.66 bits per heavy atom. The Bertz CT molecular complexity index is 1110. The number of hydrogen-bond acceptors (Lipinski definition) is 4.